The maximum absolute atomic E-state index is 9.79. The molecule has 1 aromatic carbocycles. The molecular formula is C15H25NO2. The van der Waals surface area contributed by atoms with Crippen molar-refractivity contribution in [1.82, 2.24) is 4.90 Å². The lowest BCUT2D eigenvalue weighted by Gasteiger charge is -2.25. The first-order chi connectivity index (χ1) is 8.35. The van der Waals surface area contributed by atoms with E-state index in [0.717, 1.165) is 18.7 Å². The SMILES string of the molecule is CCc1cc(CN(C)CC(C)(C)O)ccc1OC. The van der Waals surface area contributed by atoms with Gasteiger partial charge in [0.15, 0.2) is 0 Å². The Balaban J connectivity index is 2.73. The summed E-state index contributed by atoms with van der Waals surface area (Å²) in [6.45, 7) is 7.27. The van der Waals surface area contributed by atoms with E-state index in [1.165, 1.54) is 11.1 Å². The molecule has 0 saturated carbocycles. The minimum Gasteiger partial charge on any atom is -0.496 e. The van der Waals surface area contributed by atoms with Crippen molar-refractivity contribution in [2.75, 3.05) is 20.7 Å². The molecule has 3 nitrogen and oxygen atoms in total. The van der Waals surface area contributed by atoms with Crippen LogP contribution >= 0.6 is 0 Å². The molecule has 0 heterocycles. The van der Waals surface area contributed by atoms with E-state index in [-0.39, 0.29) is 0 Å². The van der Waals surface area contributed by atoms with Crippen LogP contribution in [0, 0.1) is 0 Å². The molecule has 0 aromatic heterocycles. The Labute approximate surface area is 110 Å². The van der Waals surface area contributed by atoms with Crippen molar-refractivity contribution in [2.45, 2.75) is 39.3 Å². The van der Waals surface area contributed by atoms with Crippen molar-refractivity contribution in [2.24, 2.45) is 0 Å². The Morgan fingerprint density at radius 3 is 2.50 bits per heavy atom. The third-order valence-electron chi connectivity index (χ3n) is 2.84. The second kappa shape index (κ2) is 6.21. The van der Waals surface area contributed by atoms with Crippen LogP contribution < -0.4 is 4.74 Å². The summed E-state index contributed by atoms with van der Waals surface area (Å²) in [6.07, 6.45) is 0.965. The maximum Gasteiger partial charge on any atom is 0.122 e. The molecule has 0 spiro atoms. The fraction of sp³-hybridized carbons (Fsp3) is 0.600. The van der Waals surface area contributed by atoms with Gasteiger partial charge in [0.2, 0.25) is 0 Å². The van der Waals surface area contributed by atoms with Crippen molar-refractivity contribution in [3.63, 3.8) is 0 Å². The highest BCUT2D eigenvalue weighted by molar-refractivity contribution is 5.37. The molecule has 102 valence electrons. The normalized spacial score (nSPS) is 11.9. The van der Waals surface area contributed by atoms with Gasteiger partial charge in [-0.25, -0.2) is 0 Å². The summed E-state index contributed by atoms with van der Waals surface area (Å²) in [6, 6.07) is 6.28. The number of nitrogens with zero attached hydrogens (tertiary/aromatic N) is 1. The highest BCUT2D eigenvalue weighted by Gasteiger charge is 2.15. The van der Waals surface area contributed by atoms with Gasteiger partial charge in [-0.1, -0.05) is 19.1 Å². The van der Waals surface area contributed by atoms with E-state index >= 15 is 0 Å². The van der Waals surface area contributed by atoms with Gasteiger partial charge in [0.1, 0.15) is 5.75 Å². The number of hydrogen-bond acceptors (Lipinski definition) is 3. The van der Waals surface area contributed by atoms with Gasteiger partial charge >= 0.3 is 0 Å². The van der Waals surface area contributed by atoms with Gasteiger partial charge in [-0.3, -0.25) is 4.90 Å². The Morgan fingerprint density at radius 1 is 1.33 bits per heavy atom. The van der Waals surface area contributed by atoms with Crippen LogP contribution in [0.2, 0.25) is 0 Å². The zero-order valence-electron chi connectivity index (χ0n) is 12.2. The van der Waals surface area contributed by atoms with Crippen LogP contribution in [0.3, 0.4) is 0 Å². The van der Waals surface area contributed by atoms with E-state index in [4.69, 9.17) is 4.74 Å². The summed E-state index contributed by atoms with van der Waals surface area (Å²) < 4.78 is 5.32. The molecule has 0 aliphatic heterocycles. The lowest BCUT2D eigenvalue weighted by Crippen LogP contribution is -2.35. The molecule has 0 atom stereocenters. The molecule has 0 unspecified atom stereocenters. The summed E-state index contributed by atoms with van der Waals surface area (Å²) in [5.74, 6) is 0.950. The first kappa shape index (κ1) is 15.0. The van der Waals surface area contributed by atoms with E-state index < -0.39 is 5.60 Å². The molecule has 0 aliphatic rings. The number of aryl methyl sites for hydroxylation is 1. The number of hydrogen-bond donors (Lipinski definition) is 1. The summed E-state index contributed by atoms with van der Waals surface area (Å²) in [5, 5.41) is 9.79. The standard InChI is InChI=1S/C15H25NO2/c1-6-13-9-12(7-8-14(13)18-5)10-16(4)11-15(2,3)17/h7-9,17H,6,10-11H2,1-5H3. The zero-order chi connectivity index (χ0) is 13.8. The fourth-order valence-electron chi connectivity index (χ4n) is 2.23. The smallest absolute Gasteiger partial charge is 0.122 e. The van der Waals surface area contributed by atoms with Crippen LogP contribution in [0.25, 0.3) is 0 Å². The molecule has 0 aliphatic carbocycles. The van der Waals surface area contributed by atoms with Crippen LogP contribution in [0.1, 0.15) is 31.9 Å². The maximum atomic E-state index is 9.79. The molecule has 1 N–H and O–H groups in total. The highest BCUT2D eigenvalue weighted by atomic mass is 16.5. The van der Waals surface area contributed by atoms with Crippen LogP contribution in [0.4, 0.5) is 0 Å². The molecule has 3 heteroatoms. The molecular weight excluding hydrogens is 226 g/mol. The average Bonchev–Trinajstić information content (AvgIpc) is 2.26. The van der Waals surface area contributed by atoms with Crippen LogP contribution in [0.15, 0.2) is 18.2 Å². The van der Waals surface area contributed by atoms with Gasteiger partial charge in [0, 0.05) is 13.1 Å². The minimum atomic E-state index is -0.658. The third-order valence-corrected chi connectivity index (χ3v) is 2.84. The molecule has 0 bridgehead atoms. The topological polar surface area (TPSA) is 32.7 Å². The van der Waals surface area contributed by atoms with Gasteiger partial charge < -0.3 is 9.84 Å². The number of benzene rings is 1. The largest absolute Gasteiger partial charge is 0.496 e. The highest BCUT2D eigenvalue weighted by Crippen LogP contribution is 2.21. The number of rotatable bonds is 6. The quantitative estimate of drug-likeness (QED) is 0.843. The van der Waals surface area contributed by atoms with Crippen LogP contribution in [-0.2, 0) is 13.0 Å². The predicted molar refractivity (Wildman–Crippen MR) is 75.0 cm³/mol. The molecule has 0 amide bonds. The minimum absolute atomic E-state index is 0.653. The fourth-order valence-corrected chi connectivity index (χ4v) is 2.23. The molecule has 0 saturated heterocycles. The Bertz CT molecular complexity index is 383. The summed E-state index contributed by atoms with van der Waals surface area (Å²) in [4.78, 5) is 2.13. The second-order valence-electron chi connectivity index (χ2n) is 5.48. The average molecular weight is 251 g/mol. The first-order valence-electron chi connectivity index (χ1n) is 6.42. The molecule has 1 rings (SSSR count). The van der Waals surface area contributed by atoms with Gasteiger partial charge in [-0.05, 0) is 44.5 Å². The number of ether oxygens (including phenoxy) is 1. The van der Waals surface area contributed by atoms with E-state index in [1.54, 1.807) is 7.11 Å². The lowest BCUT2D eigenvalue weighted by molar-refractivity contribution is 0.0425. The monoisotopic (exact) mass is 251 g/mol. The zero-order valence-corrected chi connectivity index (χ0v) is 12.2. The Morgan fingerprint density at radius 2 is 2.00 bits per heavy atom. The molecule has 0 radical (unpaired) electrons. The van der Waals surface area contributed by atoms with E-state index in [0.29, 0.717) is 6.54 Å². The summed E-state index contributed by atoms with van der Waals surface area (Å²) in [7, 11) is 3.72. The summed E-state index contributed by atoms with van der Waals surface area (Å²) >= 11 is 0. The van der Waals surface area contributed by atoms with E-state index in [2.05, 4.69) is 24.0 Å². The lowest BCUT2D eigenvalue weighted by atomic mass is 10.1. The van der Waals surface area contributed by atoms with Crippen molar-refractivity contribution in [1.29, 1.82) is 0 Å². The van der Waals surface area contributed by atoms with E-state index in [1.807, 2.05) is 27.0 Å². The van der Waals surface area contributed by atoms with Crippen molar-refractivity contribution < 1.29 is 9.84 Å². The van der Waals surface area contributed by atoms with Gasteiger partial charge in [0.25, 0.3) is 0 Å². The number of methoxy groups -OCH3 is 1. The van der Waals surface area contributed by atoms with Crippen LogP contribution in [0.5, 0.6) is 5.75 Å². The van der Waals surface area contributed by atoms with Gasteiger partial charge in [0.05, 0.1) is 12.7 Å². The van der Waals surface area contributed by atoms with Gasteiger partial charge in [-0.15, -0.1) is 0 Å². The third kappa shape index (κ3) is 4.67. The predicted octanol–water partition coefficient (Wildman–Crippen LogP) is 2.46. The van der Waals surface area contributed by atoms with Crippen molar-refractivity contribution >= 4 is 0 Å². The van der Waals surface area contributed by atoms with Crippen molar-refractivity contribution in [3.8, 4) is 5.75 Å². The molecule has 18 heavy (non-hydrogen) atoms. The Hall–Kier alpha value is -1.06. The van der Waals surface area contributed by atoms with Gasteiger partial charge in [-0.2, -0.15) is 0 Å². The first-order valence-corrected chi connectivity index (χ1v) is 6.42. The summed E-state index contributed by atoms with van der Waals surface area (Å²) in [5.41, 5.74) is 1.82. The van der Waals surface area contributed by atoms with Crippen LogP contribution in [-0.4, -0.2) is 36.3 Å². The number of likely N-dealkylation sites (N-methyl/N-ethyl adjacent to an activating group) is 1. The second-order valence-corrected chi connectivity index (χ2v) is 5.48. The number of aliphatic hydroxyl groups is 1. The molecule has 0 fully saturated rings. The van der Waals surface area contributed by atoms with E-state index in [9.17, 15) is 5.11 Å². The van der Waals surface area contributed by atoms with Crippen molar-refractivity contribution in [3.05, 3.63) is 29.3 Å². The molecule has 1 aromatic rings. The Kier molecular flexibility index (Phi) is 5.17.